The first kappa shape index (κ1) is 31.5. The highest BCUT2D eigenvalue weighted by molar-refractivity contribution is 5.99. The standard InChI is InChI=1S/C34H49N5O3/c1-21-16-22(2)36-34(42)31(21)19-35-33(41)30-17-27(26-10-8-25(9-11-26)20-38(5)6)18-32(23(30)3)39(7)29-14-12-28(13-15-29)37-24(4)40/h8-11,17-18,21-22,28-29,31H,12-16,19-20H2,1-7H3,(H,35,41)(H,36,42)(H,37,40)/t21?,22?,28-,29+,31?. The summed E-state index contributed by atoms with van der Waals surface area (Å²) in [6, 6.07) is 13.4. The molecule has 42 heavy (non-hydrogen) atoms. The third-order valence-corrected chi connectivity index (χ3v) is 9.06. The van der Waals surface area contributed by atoms with Gasteiger partial charge in [-0.1, -0.05) is 31.2 Å². The molecule has 1 heterocycles. The first-order chi connectivity index (χ1) is 19.9. The van der Waals surface area contributed by atoms with Gasteiger partial charge in [-0.25, -0.2) is 0 Å². The number of amides is 3. The van der Waals surface area contributed by atoms with E-state index in [1.54, 1.807) is 6.92 Å². The number of hydrogen-bond donors (Lipinski definition) is 3. The molecule has 3 N–H and O–H groups in total. The molecule has 4 rings (SSSR count). The van der Waals surface area contributed by atoms with Crippen molar-refractivity contribution in [2.24, 2.45) is 11.8 Å². The normalized spacial score (nSPS) is 24.2. The van der Waals surface area contributed by atoms with Gasteiger partial charge in [0.05, 0.1) is 5.92 Å². The first-order valence-electron chi connectivity index (χ1n) is 15.4. The zero-order valence-corrected chi connectivity index (χ0v) is 26.4. The molecule has 0 aromatic heterocycles. The van der Waals surface area contributed by atoms with E-state index in [2.05, 4.69) is 84.1 Å². The molecule has 1 aliphatic carbocycles. The Morgan fingerprint density at radius 2 is 1.64 bits per heavy atom. The predicted octanol–water partition coefficient (Wildman–Crippen LogP) is 4.50. The Bertz CT molecular complexity index is 1270. The largest absolute Gasteiger partial charge is 0.371 e. The summed E-state index contributed by atoms with van der Waals surface area (Å²) in [5, 5.41) is 9.20. The Hall–Kier alpha value is -3.39. The summed E-state index contributed by atoms with van der Waals surface area (Å²) in [5.74, 6) is -0.145. The van der Waals surface area contributed by atoms with Crippen molar-refractivity contribution >= 4 is 23.4 Å². The number of nitrogens with one attached hydrogen (secondary N) is 3. The van der Waals surface area contributed by atoms with Crippen LogP contribution in [0.4, 0.5) is 5.69 Å². The van der Waals surface area contributed by atoms with E-state index in [0.29, 0.717) is 18.2 Å². The molecule has 3 amide bonds. The van der Waals surface area contributed by atoms with Crippen molar-refractivity contribution in [2.75, 3.05) is 32.6 Å². The van der Waals surface area contributed by atoms with E-state index < -0.39 is 0 Å². The number of anilines is 1. The van der Waals surface area contributed by atoms with Crippen LogP contribution < -0.4 is 20.9 Å². The van der Waals surface area contributed by atoms with Gasteiger partial charge in [-0.15, -0.1) is 0 Å². The molecule has 0 bridgehead atoms. The molecular formula is C34H49N5O3. The molecule has 2 fully saturated rings. The van der Waals surface area contributed by atoms with Crippen molar-refractivity contribution in [3.63, 3.8) is 0 Å². The molecular weight excluding hydrogens is 526 g/mol. The predicted molar refractivity (Wildman–Crippen MR) is 169 cm³/mol. The van der Waals surface area contributed by atoms with E-state index in [0.717, 1.165) is 61.0 Å². The maximum Gasteiger partial charge on any atom is 0.251 e. The summed E-state index contributed by atoms with van der Waals surface area (Å²) in [6.45, 7) is 8.89. The van der Waals surface area contributed by atoms with Gasteiger partial charge < -0.3 is 25.8 Å². The van der Waals surface area contributed by atoms with Crippen LogP contribution in [0.2, 0.25) is 0 Å². The van der Waals surface area contributed by atoms with Gasteiger partial charge in [-0.3, -0.25) is 14.4 Å². The van der Waals surface area contributed by atoms with E-state index in [1.165, 1.54) is 5.56 Å². The van der Waals surface area contributed by atoms with Crippen molar-refractivity contribution in [3.8, 4) is 11.1 Å². The maximum atomic E-state index is 13.7. The SMILES string of the molecule is CC(=O)N[C@H]1CC[C@@H](N(C)c2cc(-c3ccc(CN(C)C)cc3)cc(C(=O)NCC3C(=O)NC(C)CC3C)c2C)CC1. The zero-order valence-electron chi connectivity index (χ0n) is 26.4. The second-order valence-corrected chi connectivity index (χ2v) is 12.9. The van der Waals surface area contributed by atoms with Gasteiger partial charge in [0.15, 0.2) is 0 Å². The zero-order chi connectivity index (χ0) is 30.6. The number of rotatable bonds is 9. The van der Waals surface area contributed by atoms with Crippen molar-refractivity contribution in [3.05, 3.63) is 53.1 Å². The van der Waals surface area contributed by atoms with Crippen LogP contribution in [0.3, 0.4) is 0 Å². The van der Waals surface area contributed by atoms with E-state index in [-0.39, 0.29) is 41.6 Å². The van der Waals surface area contributed by atoms with Gasteiger partial charge in [0.25, 0.3) is 5.91 Å². The van der Waals surface area contributed by atoms with Crippen LogP contribution in [0, 0.1) is 18.8 Å². The Morgan fingerprint density at radius 1 is 0.976 bits per heavy atom. The second kappa shape index (κ2) is 13.7. The molecule has 8 heteroatoms. The Morgan fingerprint density at radius 3 is 2.24 bits per heavy atom. The molecule has 0 radical (unpaired) electrons. The Balaban J connectivity index is 1.61. The average Bonchev–Trinajstić information content (AvgIpc) is 2.92. The number of carbonyl (C=O) groups is 3. The van der Waals surface area contributed by atoms with E-state index in [4.69, 9.17) is 0 Å². The van der Waals surface area contributed by atoms with Crippen molar-refractivity contribution in [1.82, 2.24) is 20.9 Å². The highest BCUT2D eigenvalue weighted by atomic mass is 16.2. The minimum Gasteiger partial charge on any atom is -0.371 e. The smallest absolute Gasteiger partial charge is 0.251 e. The third-order valence-electron chi connectivity index (χ3n) is 9.06. The molecule has 0 spiro atoms. The maximum absolute atomic E-state index is 13.7. The molecule has 2 aromatic rings. The van der Waals surface area contributed by atoms with Crippen LogP contribution in [0.5, 0.6) is 0 Å². The molecule has 1 aliphatic heterocycles. The number of benzene rings is 2. The summed E-state index contributed by atoms with van der Waals surface area (Å²) < 4.78 is 0. The van der Waals surface area contributed by atoms with Crippen LogP contribution >= 0.6 is 0 Å². The summed E-state index contributed by atoms with van der Waals surface area (Å²) in [7, 11) is 6.23. The Kier molecular flexibility index (Phi) is 10.3. The minimum atomic E-state index is -0.237. The topological polar surface area (TPSA) is 93.8 Å². The molecule has 1 saturated heterocycles. The highest BCUT2D eigenvalue weighted by Crippen LogP contribution is 2.35. The van der Waals surface area contributed by atoms with Crippen LogP contribution in [-0.2, 0) is 16.1 Å². The van der Waals surface area contributed by atoms with Crippen molar-refractivity contribution < 1.29 is 14.4 Å². The number of hydrogen-bond acceptors (Lipinski definition) is 5. The summed E-state index contributed by atoms with van der Waals surface area (Å²) >= 11 is 0. The lowest BCUT2D eigenvalue weighted by Crippen LogP contribution is -2.50. The van der Waals surface area contributed by atoms with Crippen LogP contribution in [0.1, 0.15) is 74.4 Å². The molecule has 2 aliphatic rings. The lowest BCUT2D eigenvalue weighted by atomic mass is 9.84. The van der Waals surface area contributed by atoms with Gasteiger partial charge >= 0.3 is 0 Å². The van der Waals surface area contributed by atoms with Crippen LogP contribution in [0.25, 0.3) is 11.1 Å². The second-order valence-electron chi connectivity index (χ2n) is 12.9. The fourth-order valence-electron chi connectivity index (χ4n) is 6.71. The summed E-state index contributed by atoms with van der Waals surface area (Å²) in [5.41, 5.74) is 5.89. The number of piperidine rings is 1. The average molecular weight is 576 g/mol. The molecule has 3 atom stereocenters. The molecule has 228 valence electrons. The van der Waals surface area contributed by atoms with Gasteiger partial charge in [-0.05, 0) is 100 Å². The molecule has 2 aromatic carbocycles. The van der Waals surface area contributed by atoms with Gasteiger partial charge in [0, 0.05) is 56.4 Å². The van der Waals surface area contributed by atoms with Crippen molar-refractivity contribution in [2.45, 2.75) is 84.5 Å². The quantitative estimate of drug-likeness (QED) is 0.410. The highest BCUT2D eigenvalue weighted by Gasteiger charge is 2.33. The number of carbonyl (C=O) groups excluding carboxylic acids is 3. The monoisotopic (exact) mass is 575 g/mol. The van der Waals surface area contributed by atoms with Crippen LogP contribution in [-0.4, -0.2) is 68.4 Å². The van der Waals surface area contributed by atoms with Gasteiger partial charge in [0.1, 0.15) is 0 Å². The fourth-order valence-corrected chi connectivity index (χ4v) is 6.71. The van der Waals surface area contributed by atoms with Gasteiger partial charge in [-0.2, -0.15) is 0 Å². The number of nitrogens with zero attached hydrogens (tertiary/aromatic N) is 2. The summed E-state index contributed by atoms with van der Waals surface area (Å²) in [6.07, 6.45) is 4.73. The first-order valence-corrected chi connectivity index (χ1v) is 15.4. The van der Waals surface area contributed by atoms with Gasteiger partial charge in [0.2, 0.25) is 11.8 Å². The molecule has 1 saturated carbocycles. The summed E-state index contributed by atoms with van der Waals surface area (Å²) in [4.78, 5) is 42.4. The lowest BCUT2D eigenvalue weighted by Gasteiger charge is -2.37. The Labute approximate surface area is 251 Å². The molecule has 8 nitrogen and oxygen atoms in total. The lowest BCUT2D eigenvalue weighted by molar-refractivity contribution is -0.129. The van der Waals surface area contributed by atoms with E-state index >= 15 is 0 Å². The van der Waals surface area contributed by atoms with E-state index in [1.807, 2.05) is 19.9 Å². The minimum absolute atomic E-state index is 0.0140. The third kappa shape index (κ3) is 7.71. The fraction of sp³-hybridized carbons (Fsp3) is 0.559. The van der Waals surface area contributed by atoms with Crippen LogP contribution in [0.15, 0.2) is 36.4 Å². The van der Waals surface area contributed by atoms with Crippen molar-refractivity contribution in [1.29, 1.82) is 0 Å². The molecule has 3 unspecified atom stereocenters. The van der Waals surface area contributed by atoms with E-state index in [9.17, 15) is 14.4 Å².